The zero-order valence-electron chi connectivity index (χ0n) is 9.11. The van der Waals surface area contributed by atoms with Gasteiger partial charge in [-0.25, -0.2) is 0 Å². The Labute approximate surface area is 94.9 Å². The second kappa shape index (κ2) is 3.80. The SMILES string of the molecule is Oc1ccc([C@H]2CCCN2)c2ccccc12. The van der Waals surface area contributed by atoms with E-state index in [0.717, 1.165) is 11.9 Å². The minimum Gasteiger partial charge on any atom is -0.507 e. The Morgan fingerprint density at radius 3 is 2.62 bits per heavy atom. The highest BCUT2D eigenvalue weighted by atomic mass is 16.3. The number of hydrogen-bond acceptors (Lipinski definition) is 2. The molecule has 1 saturated heterocycles. The lowest BCUT2D eigenvalue weighted by atomic mass is 9.97. The van der Waals surface area contributed by atoms with Gasteiger partial charge in [-0.2, -0.15) is 0 Å². The second-order valence-corrected chi connectivity index (χ2v) is 4.37. The Bertz CT molecular complexity index is 515. The molecule has 0 aliphatic carbocycles. The molecule has 0 saturated carbocycles. The van der Waals surface area contributed by atoms with Crippen molar-refractivity contribution in [1.82, 2.24) is 5.32 Å². The predicted molar refractivity (Wildman–Crippen MR) is 65.6 cm³/mol. The van der Waals surface area contributed by atoms with Crippen LogP contribution in [0.3, 0.4) is 0 Å². The molecule has 2 aromatic carbocycles. The fourth-order valence-electron chi connectivity index (χ4n) is 2.56. The number of phenolic OH excluding ortho intramolecular Hbond substituents is 1. The molecule has 0 amide bonds. The normalized spacial score (nSPS) is 20.4. The van der Waals surface area contributed by atoms with Gasteiger partial charge >= 0.3 is 0 Å². The second-order valence-electron chi connectivity index (χ2n) is 4.37. The maximum atomic E-state index is 9.82. The average molecular weight is 213 g/mol. The molecule has 82 valence electrons. The van der Waals surface area contributed by atoms with Crippen molar-refractivity contribution in [1.29, 1.82) is 0 Å². The van der Waals surface area contributed by atoms with E-state index < -0.39 is 0 Å². The van der Waals surface area contributed by atoms with Crippen LogP contribution in [-0.4, -0.2) is 11.7 Å². The van der Waals surface area contributed by atoms with Crippen molar-refractivity contribution >= 4 is 10.8 Å². The Balaban J connectivity index is 2.21. The van der Waals surface area contributed by atoms with Crippen LogP contribution in [0.15, 0.2) is 36.4 Å². The van der Waals surface area contributed by atoms with E-state index in [4.69, 9.17) is 0 Å². The van der Waals surface area contributed by atoms with Crippen LogP contribution in [0.2, 0.25) is 0 Å². The lowest BCUT2D eigenvalue weighted by Gasteiger charge is -2.14. The highest BCUT2D eigenvalue weighted by molar-refractivity contribution is 5.91. The summed E-state index contributed by atoms with van der Waals surface area (Å²) in [4.78, 5) is 0. The maximum absolute atomic E-state index is 9.82. The quantitative estimate of drug-likeness (QED) is 0.763. The molecule has 2 nitrogen and oxygen atoms in total. The van der Waals surface area contributed by atoms with E-state index in [1.807, 2.05) is 24.3 Å². The van der Waals surface area contributed by atoms with E-state index in [1.54, 1.807) is 6.07 Å². The van der Waals surface area contributed by atoms with E-state index in [2.05, 4.69) is 11.4 Å². The molecular weight excluding hydrogens is 198 g/mol. The number of hydrogen-bond donors (Lipinski definition) is 2. The van der Waals surface area contributed by atoms with Gasteiger partial charge in [-0.15, -0.1) is 0 Å². The first-order valence-electron chi connectivity index (χ1n) is 5.80. The molecule has 0 bridgehead atoms. The Hall–Kier alpha value is -1.54. The van der Waals surface area contributed by atoms with Crippen molar-refractivity contribution in [3.63, 3.8) is 0 Å². The lowest BCUT2D eigenvalue weighted by Crippen LogP contribution is -2.13. The predicted octanol–water partition coefficient (Wildman–Crippen LogP) is 2.97. The van der Waals surface area contributed by atoms with Gasteiger partial charge in [0.15, 0.2) is 0 Å². The minimum absolute atomic E-state index is 0.373. The molecule has 1 heterocycles. The largest absolute Gasteiger partial charge is 0.507 e. The van der Waals surface area contributed by atoms with Crippen LogP contribution < -0.4 is 5.32 Å². The van der Waals surface area contributed by atoms with Crippen LogP contribution in [0.25, 0.3) is 10.8 Å². The monoisotopic (exact) mass is 213 g/mol. The summed E-state index contributed by atoms with van der Waals surface area (Å²) < 4.78 is 0. The van der Waals surface area contributed by atoms with Crippen LogP contribution >= 0.6 is 0 Å². The van der Waals surface area contributed by atoms with E-state index >= 15 is 0 Å². The van der Waals surface area contributed by atoms with Crippen molar-refractivity contribution < 1.29 is 5.11 Å². The third kappa shape index (κ3) is 1.46. The Kier molecular flexibility index (Phi) is 2.29. The first-order valence-corrected chi connectivity index (χ1v) is 5.80. The third-order valence-corrected chi connectivity index (χ3v) is 3.37. The van der Waals surface area contributed by atoms with Gasteiger partial charge in [0.25, 0.3) is 0 Å². The van der Waals surface area contributed by atoms with Gasteiger partial charge in [0.2, 0.25) is 0 Å². The number of nitrogens with one attached hydrogen (secondary N) is 1. The van der Waals surface area contributed by atoms with Gasteiger partial charge in [0, 0.05) is 11.4 Å². The molecule has 0 unspecified atom stereocenters. The fourth-order valence-corrected chi connectivity index (χ4v) is 2.56. The van der Waals surface area contributed by atoms with E-state index in [0.29, 0.717) is 11.8 Å². The molecule has 0 radical (unpaired) electrons. The van der Waals surface area contributed by atoms with Crippen molar-refractivity contribution in [2.24, 2.45) is 0 Å². The van der Waals surface area contributed by atoms with Gasteiger partial charge in [-0.3, -0.25) is 0 Å². The number of rotatable bonds is 1. The first kappa shape index (κ1) is 9.67. The lowest BCUT2D eigenvalue weighted by molar-refractivity contribution is 0.481. The molecule has 1 fully saturated rings. The minimum atomic E-state index is 0.373. The zero-order chi connectivity index (χ0) is 11.0. The van der Waals surface area contributed by atoms with E-state index in [-0.39, 0.29) is 0 Å². The fraction of sp³-hybridized carbons (Fsp3) is 0.286. The zero-order valence-corrected chi connectivity index (χ0v) is 9.11. The third-order valence-electron chi connectivity index (χ3n) is 3.37. The highest BCUT2D eigenvalue weighted by Gasteiger charge is 2.18. The van der Waals surface area contributed by atoms with Gasteiger partial charge in [0.05, 0.1) is 0 Å². The Morgan fingerprint density at radius 2 is 1.88 bits per heavy atom. The summed E-state index contributed by atoms with van der Waals surface area (Å²) in [6.07, 6.45) is 2.43. The number of fused-ring (bicyclic) bond motifs is 1. The summed E-state index contributed by atoms with van der Waals surface area (Å²) in [5.74, 6) is 0.373. The average Bonchev–Trinajstić information content (AvgIpc) is 2.83. The molecule has 2 N–H and O–H groups in total. The van der Waals surface area contributed by atoms with Crippen molar-refractivity contribution in [2.75, 3.05) is 6.54 Å². The molecule has 2 heteroatoms. The first-order chi connectivity index (χ1) is 7.86. The molecular formula is C14H15NO. The van der Waals surface area contributed by atoms with Crippen molar-refractivity contribution in [3.8, 4) is 5.75 Å². The van der Waals surface area contributed by atoms with Crippen LogP contribution in [0.4, 0.5) is 0 Å². The number of benzene rings is 2. The summed E-state index contributed by atoms with van der Waals surface area (Å²) in [7, 11) is 0. The molecule has 0 spiro atoms. The van der Waals surface area contributed by atoms with Crippen molar-refractivity contribution in [3.05, 3.63) is 42.0 Å². The van der Waals surface area contributed by atoms with Crippen LogP contribution in [0.1, 0.15) is 24.4 Å². The summed E-state index contributed by atoms with van der Waals surface area (Å²) in [6.45, 7) is 1.10. The molecule has 2 aromatic rings. The summed E-state index contributed by atoms with van der Waals surface area (Å²) in [6, 6.07) is 12.4. The molecule has 1 aliphatic heterocycles. The standard InChI is InChI=1S/C14H15NO/c16-14-8-7-11(13-6-3-9-15-13)10-4-1-2-5-12(10)14/h1-2,4-5,7-8,13,15-16H,3,6,9H2/t13-/m1/s1. The summed E-state index contributed by atoms with van der Waals surface area (Å²) >= 11 is 0. The summed E-state index contributed by atoms with van der Waals surface area (Å²) in [5, 5.41) is 15.4. The number of phenols is 1. The van der Waals surface area contributed by atoms with Crippen molar-refractivity contribution in [2.45, 2.75) is 18.9 Å². The van der Waals surface area contributed by atoms with Crippen LogP contribution in [0.5, 0.6) is 5.75 Å². The van der Waals surface area contributed by atoms with Crippen LogP contribution in [0, 0.1) is 0 Å². The van der Waals surface area contributed by atoms with Gasteiger partial charge in [-0.1, -0.05) is 30.3 Å². The van der Waals surface area contributed by atoms with E-state index in [9.17, 15) is 5.11 Å². The molecule has 1 aliphatic rings. The molecule has 0 aromatic heterocycles. The van der Waals surface area contributed by atoms with E-state index in [1.165, 1.54) is 23.8 Å². The van der Waals surface area contributed by atoms with Gasteiger partial charge < -0.3 is 10.4 Å². The molecule has 1 atom stereocenters. The molecule has 16 heavy (non-hydrogen) atoms. The van der Waals surface area contributed by atoms with Gasteiger partial charge in [-0.05, 0) is 36.4 Å². The van der Waals surface area contributed by atoms with Crippen LogP contribution in [-0.2, 0) is 0 Å². The number of aromatic hydroxyl groups is 1. The maximum Gasteiger partial charge on any atom is 0.123 e. The Morgan fingerprint density at radius 1 is 1.06 bits per heavy atom. The highest BCUT2D eigenvalue weighted by Crippen LogP contribution is 2.33. The molecule has 3 rings (SSSR count). The topological polar surface area (TPSA) is 32.3 Å². The summed E-state index contributed by atoms with van der Waals surface area (Å²) in [5.41, 5.74) is 1.31. The smallest absolute Gasteiger partial charge is 0.123 e. The van der Waals surface area contributed by atoms with Gasteiger partial charge in [0.1, 0.15) is 5.75 Å².